The lowest BCUT2D eigenvalue weighted by Crippen LogP contribution is -2.43. The third kappa shape index (κ3) is 3.67. The summed E-state index contributed by atoms with van der Waals surface area (Å²) in [7, 11) is 5.80. The lowest BCUT2D eigenvalue weighted by atomic mass is 10.1. The Bertz CT molecular complexity index is 715. The van der Waals surface area contributed by atoms with Gasteiger partial charge in [0.25, 0.3) is 0 Å². The monoisotopic (exact) mass is 346 g/mol. The molecule has 24 heavy (non-hydrogen) atoms. The van der Waals surface area contributed by atoms with E-state index in [1.165, 1.54) is 5.56 Å². The van der Waals surface area contributed by atoms with Crippen LogP contribution in [0.1, 0.15) is 11.3 Å². The molecule has 2 heterocycles. The number of aromatic nitrogens is 1. The van der Waals surface area contributed by atoms with E-state index in [0.29, 0.717) is 0 Å². The first-order chi connectivity index (χ1) is 11.6. The normalized spacial score (nSPS) is 16.7. The molecule has 1 aromatic heterocycles. The minimum atomic E-state index is 0.136. The molecule has 0 spiro atoms. The van der Waals surface area contributed by atoms with Crippen LogP contribution in [-0.4, -0.2) is 42.2 Å². The van der Waals surface area contributed by atoms with E-state index in [-0.39, 0.29) is 6.10 Å². The van der Waals surface area contributed by atoms with Gasteiger partial charge in [-0.3, -0.25) is 4.99 Å². The zero-order valence-electron chi connectivity index (χ0n) is 14.3. The second-order valence-corrected chi connectivity index (χ2v) is 6.53. The van der Waals surface area contributed by atoms with Crippen LogP contribution in [0, 0.1) is 0 Å². The minimum Gasteiger partial charge on any atom is -0.488 e. The highest BCUT2D eigenvalue weighted by Gasteiger charge is 2.22. The van der Waals surface area contributed by atoms with Crippen molar-refractivity contribution in [3.8, 4) is 5.75 Å². The number of ether oxygens (including phenoxy) is 1. The van der Waals surface area contributed by atoms with Crippen LogP contribution in [0.25, 0.3) is 0 Å². The summed E-state index contributed by atoms with van der Waals surface area (Å²) in [6.45, 7) is 1.45. The summed E-state index contributed by atoms with van der Waals surface area (Å²) < 4.78 is 8.00. The maximum absolute atomic E-state index is 6.05. The van der Waals surface area contributed by atoms with Crippen molar-refractivity contribution < 1.29 is 4.74 Å². The Morgan fingerprint density at radius 3 is 2.92 bits per heavy atom. The van der Waals surface area contributed by atoms with E-state index in [1.54, 1.807) is 7.05 Å². The van der Waals surface area contributed by atoms with Crippen LogP contribution < -0.4 is 10.1 Å². The first-order valence-electron chi connectivity index (χ1n) is 8.04. The molecule has 2 aromatic rings. The molecule has 0 amide bonds. The van der Waals surface area contributed by atoms with Crippen molar-refractivity contribution in [2.75, 3.05) is 20.6 Å². The third-order valence-electron chi connectivity index (χ3n) is 4.25. The van der Waals surface area contributed by atoms with Gasteiger partial charge in [0.1, 0.15) is 11.9 Å². The molecule has 1 N–H and O–H groups in total. The van der Waals surface area contributed by atoms with Crippen LogP contribution in [0.15, 0.2) is 41.5 Å². The van der Waals surface area contributed by atoms with E-state index in [9.17, 15) is 0 Å². The zero-order chi connectivity index (χ0) is 17.1. The van der Waals surface area contributed by atoms with Crippen molar-refractivity contribution in [3.63, 3.8) is 0 Å². The Hall–Kier alpha value is -2.14. The van der Waals surface area contributed by atoms with Gasteiger partial charge in [0, 0.05) is 39.5 Å². The topological polar surface area (TPSA) is 41.8 Å². The molecular weight excluding hydrogens is 324 g/mol. The number of nitrogens with zero attached hydrogens (tertiary/aromatic N) is 3. The van der Waals surface area contributed by atoms with E-state index < -0.39 is 0 Å². The summed E-state index contributed by atoms with van der Waals surface area (Å²) in [6.07, 6.45) is 2.97. The molecular formula is C18H23ClN4O. The standard InChI is InChI=1S/C18H23ClN4O/c1-20-18(23(3)12-15-9-14(19)11-22(15)2)21-10-16-8-13-6-4-5-7-17(13)24-16/h4-7,9,11,16H,8,10,12H2,1-3H3,(H,20,21). The quantitative estimate of drug-likeness (QED) is 0.683. The number of nitrogens with one attached hydrogen (secondary N) is 1. The molecule has 6 heteroatoms. The fourth-order valence-electron chi connectivity index (χ4n) is 3.00. The Morgan fingerprint density at radius 2 is 2.25 bits per heavy atom. The summed E-state index contributed by atoms with van der Waals surface area (Å²) in [5.41, 5.74) is 2.40. The lowest BCUT2D eigenvalue weighted by molar-refractivity contribution is 0.233. The average Bonchev–Trinajstić information content (AvgIpc) is 3.10. The molecule has 1 aliphatic rings. The van der Waals surface area contributed by atoms with Crippen molar-refractivity contribution in [2.45, 2.75) is 19.1 Å². The number of guanidine groups is 1. The summed E-state index contributed by atoms with van der Waals surface area (Å²) in [4.78, 5) is 6.44. The maximum Gasteiger partial charge on any atom is 0.193 e. The number of aryl methyl sites for hydroxylation is 1. The van der Waals surface area contributed by atoms with Crippen LogP contribution in [0.5, 0.6) is 5.75 Å². The third-order valence-corrected chi connectivity index (χ3v) is 4.46. The lowest BCUT2D eigenvalue weighted by Gasteiger charge is -2.23. The second-order valence-electron chi connectivity index (χ2n) is 6.10. The molecule has 0 fully saturated rings. The summed E-state index contributed by atoms with van der Waals surface area (Å²) >= 11 is 6.05. The molecule has 128 valence electrons. The van der Waals surface area contributed by atoms with Gasteiger partial charge in [0.15, 0.2) is 5.96 Å². The number of para-hydroxylation sites is 1. The van der Waals surface area contributed by atoms with Crippen LogP contribution in [-0.2, 0) is 20.0 Å². The average molecular weight is 347 g/mol. The number of rotatable bonds is 4. The summed E-state index contributed by atoms with van der Waals surface area (Å²) in [5.74, 6) is 1.83. The maximum atomic E-state index is 6.05. The molecule has 0 saturated carbocycles. The van der Waals surface area contributed by atoms with Gasteiger partial charge in [-0.15, -0.1) is 0 Å². The van der Waals surface area contributed by atoms with E-state index in [0.717, 1.165) is 41.9 Å². The molecule has 1 unspecified atom stereocenters. The number of aliphatic imine (C=N–C) groups is 1. The molecule has 1 aliphatic heterocycles. The van der Waals surface area contributed by atoms with Crippen molar-refractivity contribution in [1.82, 2.24) is 14.8 Å². The van der Waals surface area contributed by atoms with Gasteiger partial charge in [-0.2, -0.15) is 0 Å². The van der Waals surface area contributed by atoms with Crippen LogP contribution >= 0.6 is 11.6 Å². The van der Waals surface area contributed by atoms with Crippen molar-refractivity contribution >= 4 is 17.6 Å². The predicted molar refractivity (Wildman–Crippen MR) is 97.8 cm³/mol. The number of benzene rings is 1. The smallest absolute Gasteiger partial charge is 0.193 e. The molecule has 1 atom stereocenters. The fraction of sp³-hybridized carbons (Fsp3) is 0.389. The summed E-state index contributed by atoms with van der Waals surface area (Å²) in [5, 5.41) is 4.15. The Balaban J connectivity index is 1.55. The summed E-state index contributed by atoms with van der Waals surface area (Å²) in [6, 6.07) is 10.2. The molecule has 1 aromatic carbocycles. The van der Waals surface area contributed by atoms with E-state index in [4.69, 9.17) is 16.3 Å². The molecule has 3 rings (SSSR count). The zero-order valence-corrected chi connectivity index (χ0v) is 15.0. The Morgan fingerprint density at radius 1 is 1.46 bits per heavy atom. The van der Waals surface area contributed by atoms with E-state index in [2.05, 4.69) is 27.3 Å². The molecule has 0 radical (unpaired) electrons. The Labute approximate surface area is 147 Å². The SMILES string of the molecule is CN=C(NCC1Cc2ccccc2O1)N(C)Cc1cc(Cl)cn1C. The van der Waals surface area contributed by atoms with Gasteiger partial charge in [-0.1, -0.05) is 29.8 Å². The number of hydrogen-bond acceptors (Lipinski definition) is 2. The molecule has 0 aliphatic carbocycles. The first-order valence-corrected chi connectivity index (χ1v) is 8.41. The fourth-order valence-corrected chi connectivity index (χ4v) is 3.27. The van der Waals surface area contributed by atoms with Crippen molar-refractivity contribution in [1.29, 1.82) is 0 Å². The first kappa shape index (κ1) is 16.7. The van der Waals surface area contributed by atoms with E-state index >= 15 is 0 Å². The second kappa shape index (κ2) is 7.18. The van der Waals surface area contributed by atoms with Crippen LogP contribution in [0.2, 0.25) is 5.02 Å². The minimum absolute atomic E-state index is 0.136. The highest BCUT2D eigenvalue weighted by Crippen LogP contribution is 2.27. The van der Waals surface area contributed by atoms with Gasteiger partial charge < -0.3 is 19.5 Å². The van der Waals surface area contributed by atoms with Crippen LogP contribution in [0.3, 0.4) is 0 Å². The van der Waals surface area contributed by atoms with Gasteiger partial charge in [-0.05, 0) is 17.7 Å². The molecule has 0 saturated heterocycles. The largest absolute Gasteiger partial charge is 0.488 e. The van der Waals surface area contributed by atoms with Gasteiger partial charge in [-0.25, -0.2) is 0 Å². The predicted octanol–water partition coefficient (Wildman–Crippen LogP) is 2.69. The highest BCUT2D eigenvalue weighted by molar-refractivity contribution is 6.30. The van der Waals surface area contributed by atoms with Crippen molar-refractivity contribution in [3.05, 3.63) is 52.8 Å². The van der Waals surface area contributed by atoms with Gasteiger partial charge >= 0.3 is 0 Å². The number of halogens is 1. The Kier molecular flexibility index (Phi) is 5.00. The number of fused-ring (bicyclic) bond motifs is 1. The van der Waals surface area contributed by atoms with E-state index in [1.807, 2.05) is 43.1 Å². The highest BCUT2D eigenvalue weighted by atomic mass is 35.5. The van der Waals surface area contributed by atoms with Crippen LogP contribution in [0.4, 0.5) is 0 Å². The van der Waals surface area contributed by atoms with Crippen molar-refractivity contribution in [2.24, 2.45) is 12.0 Å². The number of hydrogen-bond donors (Lipinski definition) is 1. The molecule has 0 bridgehead atoms. The van der Waals surface area contributed by atoms with Gasteiger partial charge in [0.2, 0.25) is 0 Å². The molecule has 5 nitrogen and oxygen atoms in total. The van der Waals surface area contributed by atoms with Gasteiger partial charge in [0.05, 0.1) is 18.1 Å².